The molecular formula is C7H8BrNO. The van der Waals surface area contributed by atoms with E-state index in [0.717, 1.165) is 4.47 Å². The molecule has 0 saturated heterocycles. The van der Waals surface area contributed by atoms with Gasteiger partial charge in [-0.2, -0.15) is 0 Å². The molecule has 0 amide bonds. The van der Waals surface area contributed by atoms with Gasteiger partial charge in [-0.05, 0) is 35.0 Å². The maximum atomic E-state index is 6.85. The molecular weight excluding hydrogens is 194 g/mol. The third kappa shape index (κ3) is 1.70. The Hall–Kier alpha value is -0.570. The summed E-state index contributed by atoms with van der Waals surface area (Å²) in [5.41, 5.74) is 0. The predicted octanol–water partition coefficient (Wildman–Crippen LogP) is 2.24. The minimum Gasteiger partial charge on any atom is -0.477 e. The van der Waals surface area contributed by atoms with Crippen LogP contribution < -0.4 is 4.74 Å². The minimum atomic E-state index is 0.253. The van der Waals surface area contributed by atoms with Crippen LogP contribution in [-0.4, -0.2) is 11.6 Å². The molecule has 0 aliphatic heterocycles. The third-order valence-electron chi connectivity index (χ3n) is 0.963. The van der Waals surface area contributed by atoms with E-state index in [1.807, 2.05) is 12.1 Å². The summed E-state index contributed by atoms with van der Waals surface area (Å²) in [6.07, 6.45) is 1.66. The Morgan fingerprint density at radius 2 is 2.80 bits per heavy atom. The third-order valence-corrected chi connectivity index (χ3v) is 1.57. The molecule has 1 heterocycles. The van der Waals surface area contributed by atoms with Crippen LogP contribution in [0.1, 0.15) is 8.27 Å². The van der Waals surface area contributed by atoms with E-state index in [1.165, 1.54) is 0 Å². The fraction of sp³-hybridized carbons (Fsp3) is 0.286. The second kappa shape index (κ2) is 3.56. The van der Waals surface area contributed by atoms with Crippen molar-refractivity contribution in [1.29, 1.82) is 0 Å². The molecule has 0 N–H and O–H groups in total. The standard InChI is InChI=1S/C7H8BrNO/c1-2-10-7-6(8)4-3-5-9-7/h3-5H,2H2,1H3/i1D. The zero-order valence-corrected chi connectivity index (χ0v) is 6.97. The van der Waals surface area contributed by atoms with Crippen LogP contribution in [0.2, 0.25) is 0 Å². The van der Waals surface area contributed by atoms with Crippen molar-refractivity contribution in [3.8, 4) is 5.88 Å². The van der Waals surface area contributed by atoms with Gasteiger partial charge in [-0.3, -0.25) is 0 Å². The highest BCUT2D eigenvalue weighted by molar-refractivity contribution is 9.10. The van der Waals surface area contributed by atoms with Gasteiger partial charge >= 0.3 is 0 Å². The lowest BCUT2D eigenvalue weighted by Gasteiger charge is -2.01. The normalized spacial score (nSPS) is 10.7. The maximum Gasteiger partial charge on any atom is 0.227 e. The Morgan fingerprint density at radius 1 is 1.90 bits per heavy atom. The van der Waals surface area contributed by atoms with Gasteiger partial charge in [0, 0.05) is 7.57 Å². The van der Waals surface area contributed by atoms with Gasteiger partial charge < -0.3 is 4.74 Å². The molecule has 2 nitrogen and oxygen atoms in total. The monoisotopic (exact) mass is 202 g/mol. The van der Waals surface area contributed by atoms with E-state index in [0.29, 0.717) is 12.5 Å². The van der Waals surface area contributed by atoms with Crippen LogP contribution in [-0.2, 0) is 0 Å². The highest BCUT2D eigenvalue weighted by Crippen LogP contribution is 2.20. The highest BCUT2D eigenvalue weighted by atomic mass is 79.9. The molecule has 0 fully saturated rings. The average molecular weight is 203 g/mol. The number of pyridine rings is 1. The first kappa shape index (κ1) is 6.16. The maximum absolute atomic E-state index is 6.85. The van der Waals surface area contributed by atoms with E-state index >= 15 is 0 Å². The molecule has 1 aromatic heterocycles. The lowest BCUT2D eigenvalue weighted by Crippen LogP contribution is -1.93. The number of hydrogen-bond acceptors (Lipinski definition) is 2. The van der Waals surface area contributed by atoms with E-state index in [1.54, 1.807) is 6.20 Å². The summed E-state index contributed by atoms with van der Waals surface area (Å²) >= 11 is 3.28. The number of aromatic nitrogens is 1. The molecule has 0 spiro atoms. The van der Waals surface area contributed by atoms with Crippen molar-refractivity contribution in [2.45, 2.75) is 6.90 Å². The van der Waals surface area contributed by atoms with Crippen LogP contribution in [0.3, 0.4) is 0 Å². The van der Waals surface area contributed by atoms with Gasteiger partial charge in [0.25, 0.3) is 0 Å². The number of nitrogens with zero attached hydrogens (tertiary/aromatic N) is 1. The SMILES string of the molecule is [2H]CCOc1ncccc1Br. The van der Waals surface area contributed by atoms with E-state index in [9.17, 15) is 0 Å². The zero-order valence-electron chi connectivity index (χ0n) is 6.38. The van der Waals surface area contributed by atoms with Gasteiger partial charge in [0.15, 0.2) is 0 Å². The van der Waals surface area contributed by atoms with Crippen LogP contribution >= 0.6 is 15.9 Å². The van der Waals surface area contributed by atoms with Crippen LogP contribution in [0, 0.1) is 0 Å². The first-order valence-electron chi connectivity index (χ1n) is 3.58. The van der Waals surface area contributed by atoms with Gasteiger partial charge in [-0.1, -0.05) is 0 Å². The van der Waals surface area contributed by atoms with Gasteiger partial charge in [0.1, 0.15) is 0 Å². The molecule has 1 rings (SSSR count). The Labute approximate surface area is 69.8 Å². The van der Waals surface area contributed by atoms with Gasteiger partial charge in [0.2, 0.25) is 5.88 Å². The first-order valence-corrected chi connectivity index (χ1v) is 3.66. The molecule has 10 heavy (non-hydrogen) atoms. The van der Waals surface area contributed by atoms with Crippen LogP contribution in [0.25, 0.3) is 0 Å². The molecule has 0 aliphatic carbocycles. The Balaban J connectivity index is 2.62. The van der Waals surface area contributed by atoms with Crippen LogP contribution in [0.4, 0.5) is 0 Å². The van der Waals surface area contributed by atoms with Gasteiger partial charge in [-0.25, -0.2) is 4.98 Å². The second-order valence-corrected chi connectivity index (χ2v) is 2.49. The molecule has 0 aliphatic rings. The summed E-state index contributed by atoms with van der Waals surface area (Å²) in [5.74, 6) is 0.555. The Bertz CT molecular complexity index is 231. The molecule has 54 valence electrons. The second-order valence-electron chi connectivity index (χ2n) is 1.64. The first-order chi connectivity index (χ1) is 5.34. The number of halogens is 1. The van der Waals surface area contributed by atoms with Gasteiger partial charge in [-0.15, -0.1) is 0 Å². The summed E-state index contributed by atoms with van der Waals surface area (Å²) in [5, 5.41) is 0. The quantitative estimate of drug-likeness (QED) is 0.735. The molecule has 0 saturated carbocycles. The zero-order chi connectivity index (χ0) is 8.10. The largest absolute Gasteiger partial charge is 0.477 e. The average Bonchev–Trinajstić information content (AvgIpc) is 2.03. The van der Waals surface area contributed by atoms with E-state index < -0.39 is 0 Å². The van der Waals surface area contributed by atoms with Crippen molar-refractivity contribution in [3.63, 3.8) is 0 Å². The topological polar surface area (TPSA) is 22.1 Å². The molecule has 0 radical (unpaired) electrons. The van der Waals surface area contributed by atoms with Crippen LogP contribution in [0.15, 0.2) is 22.8 Å². The Morgan fingerprint density at radius 3 is 3.50 bits per heavy atom. The lowest BCUT2D eigenvalue weighted by molar-refractivity contribution is 0.324. The van der Waals surface area contributed by atoms with Crippen molar-refractivity contribution < 1.29 is 6.11 Å². The molecule has 0 atom stereocenters. The molecule has 0 bridgehead atoms. The number of hydrogen-bond donors (Lipinski definition) is 0. The smallest absolute Gasteiger partial charge is 0.227 e. The highest BCUT2D eigenvalue weighted by Gasteiger charge is 1.97. The lowest BCUT2D eigenvalue weighted by atomic mass is 10.5. The molecule has 0 aromatic carbocycles. The van der Waals surface area contributed by atoms with E-state index in [2.05, 4.69) is 20.9 Å². The number of ether oxygens (including phenoxy) is 1. The summed E-state index contributed by atoms with van der Waals surface area (Å²) < 4.78 is 12.8. The summed E-state index contributed by atoms with van der Waals surface area (Å²) in [6.45, 7) is 0.638. The summed E-state index contributed by atoms with van der Waals surface area (Å²) in [7, 11) is 0. The molecule has 0 unspecified atom stereocenters. The molecule has 1 aromatic rings. The Kier molecular flexibility index (Phi) is 2.19. The van der Waals surface area contributed by atoms with E-state index in [4.69, 9.17) is 6.11 Å². The van der Waals surface area contributed by atoms with Crippen molar-refractivity contribution in [2.24, 2.45) is 0 Å². The molecule has 3 heteroatoms. The fourth-order valence-corrected chi connectivity index (χ4v) is 0.944. The van der Waals surface area contributed by atoms with Crippen LogP contribution in [0.5, 0.6) is 5.88 Å². The van der Waals surface area contributed by atoms with E-state index in [-0.39, 0.29) is 6.90 Å². The fourth-order valence-electron chi connectivity index (χ4n) is 0.574. The van der Waals surface area contributed by atoms with Crippen molar-refractivity contribution in [3.05, 3.63) is 22.8 Å². The minimum absolute atomic E-state index is 0.253. The van der Waals surface area contributed by atoms with Crippen molar-refractivity contribution in [2.75, 3.05) is 6.61 Å². The predicted molar refractivity (Wildman–Crippen MR) is 43.1 cm³/mol. The van der Waals surface area contributed by atoms with Gasteiger partial charge in [0.05, 0.1) is 11.1 Å². The van der Waals surface area contributed by atoms with Crippen molar-refractivity contribution in [1.82, 2.24) is 4.98 Å². The van der Waals surface area contributed by atoms with Crippen molar-refractivity contribution >= 4 is 15.9 Å². The number of rotatable bonds is 2. The summed E-state index contributed by atoms with van der Waals surface area (Å²) in [4.78, 5) is 3.96. The summed E-state index contributed by atoms with van der Waals surface area (Å²) in [6, 6.07) is 3.67.